The van der Waals surface area contributed by atoms with Gasteiger partial charge in [-0.15, -0.1) is 0 Å². The molecule has 62 heavy (non-hydrogen) atoms. The molecule has 2 heterocycles. The second kappa shape index (κ2) is 19.3. The van der Waals surface area contributed by atoms with Crippen LogP contribution in [0.15, 0.2) is 194 Å². The lowest BCUT2D eigenvalue weighted by molar-refractivity contribution is 0.522. The lowest BCUT2D eigenvalue weighted by atomic mass is 9.86. The van der Waals surface area contributed by atoms with E-state index >= 15 is 0 Å². The molecule has 0 spiro atoms. The fourth-order valence-corrected chi connectivity index (χ4v) is 8.81. The van der Waals surface area contributed by atoms with Crippen LogP contribution in [0.4, 0.5) is 0 Å². The van der Waals surface area contributed by atoms with Crippen molar-refractivity contribution in [2.75, 3.05) is 0 Å². The number of nitrogens with zero attached hydrogens (tertiary/aromatic N) is 2. The molecule has 0 radical (unpaired) electrons. The van der Waals surface area contributed by atoms with Gasteiger partial charge in [0.1, 0.15) is 0 Å². The summed E-state index contributed by atoms with van der Waals surface area (Å²) >= 11 is 0. The number of pyridine rings is 1. The predicted octanol–water partition coefficient (Wildman–Crippen LogP) is 16.6. The third kappa shape index (κ3) is 9.11. The summed E-state index contributed by atoms with van der Waals surface area (Å²) in [6.45, 7) is 11.2. The molecule has 0 saturated carbocycles. The van der Waals surface area contributed by atoms with Gasteiger partial charge in [-0.3, -0.25) is 4.98 Å². The van der Waals surface area contributed by atoms with Crippen LogP contribution in [-0.2, 0) is 13.5 Å². The van der Waals surface area contributed by atoms with Crippen molar-refractivity contribution < 1.29 is 0 Å². The Balaban J connectivity index is 1.28. The third-order valence-electron chi connectivity index (χ3n) is 12.5. The molecule has 8 aromatic rings. The minimum atomic E-state index is 0.719. The molecular weight excluding hydrogens is 749 g/mol. The van der Waals surface area contributed by atoms with E-state index in [2.05, 4.69) is 234 Å². The summed E-state index contributed by atoms with van der Waals surface area (Å²) in [7, 11) is 2.22. The second-order valence-electron chi connectivity index (χ2n) is 17.0. The van der Waals surface area contributed by atoms with Crippen LogP contribution in [-0.4, -0.2) is 9.55 Å². The van der Waals surface area contributed by atoms with Crippen LogP contribution in [0.1, 0.15) is 76.4 Å². The summed E-state index contributed by atoms with van der Waals surface area (Å²) in [5, 5.41) is 4.88. The van der Waals surface area contributed by atoms with Crippen molar-refractivity contribution in [3.63, 3.8) is 0 Å². The summed E-state index contributed by atoms with van der Waals surface area (Å²) < 4.78 is 2.39. The molecule has 308 valence electrons. The molecule has 6 aromatic carbocycles. The molecule has 0 fully saturated rings. The van der Waals surface area contributed by atoms with Gasteiger partial charge >= 0.3 is 0 Å². The average Bonchev–Trinajstić information content (AvgIpc) is 3.69. The lowest BCUT2D eigenvalue weighted by Gasteiger charge is -2.20. The monoisotopic (exact) mass is 806 g/mol. The zero-order chi connectivity index (χ0) is 43.0. The Morgan fingerprint density at radius 3 is 1.92 bits per heavy atom. The van der Waals surface area contributed by atoms with Crippen molar-refractivity contribution in [3.8, 4) is 33.5 Å². The number of rotatable bonds is 14. The van der Waals surface area contributed by atoms with Crippen molar-refractivity contribution in [1.82, 2.24) is 9.55 Å². The molecule has 0 aliphatic carbocycles. The van der Waals surface area contributed by atoms with Gasteiger partial charge in [0, 0.05) is 47.9 Å². The van der Waals surface area contributed by atoms with Crippen molar-refractivity contribution in [2.24, 2.45) is 13.0 Å². The van der Waals surface area contributed by atoms with Crippen LogP contribution < -0.4 is 0 Å². The molecule has 8 rings (SSSR count). The van der Waals surface area contributed by atoms with Gasteiger partial charge in [0.15, 0.2) is 0 Å². The molecule has 2 nitrogen and oxygen atoms in total. The fourth-order valence-electron chi connectivity index (χ4n) is 8.81. The summed E-state index contributed by atoms with van der Waals surface area (Å²) in [5.41, 5.74) is 16.9. The maximum atomic E-state index is 5.20. The third-order valence-corrected chi connectivity index (χ3v) is 12.5. The molecule has 0 aliphatic rings. The van der Waals surface area contributed by atoms with E-state index in [1.165, 1.54) is 101 Å². The van der Waals surface area contributed by atoms with E-state index in [9.17, 15) is 0 Å². The average molecular weight is 807 g/mol. The first-order valence-electron chi connectivity index (χ1n) is 22.3. The van der Waals surface area contributed by atoms with Gasteiger partial charge in [-0.25, -0.2) is 0 Å². The van der Waals surface area contributed by atoms with Crippen LogP contribution in [0.5, 0.6) is 0 Å². The molecule has 0 bridgehead atoms. The standard InChI is InChI=1S/C60H58N2/c1-7-43(4)22-20-29-48(45-23-11-8-12-24-45)39-51-35-33-50(41-61-51)59-53-30-17-18-31-54(53)60(55-36-34-49(40-56(55)59)46-25-13-9-14-26-46)58-38-37-57(62(58)6)44(5)52(32-19-21-42(2)3)47-27-15-10-16-28-47/h8-19,21,23-38,40-41,43H,7,20,22,39H2,1-6H3/b32-19-,48-29+,52-44-. The Kier molecular flexibility index (Phi) is 13.1. The van der Waals surface area contributed by atoms with Crippen molar-refractivity contribution in [3.05, 3.63) is 216 Å². The van der Waals surface area contributed by atoms with Gasteiger partial charge in [0.2, 0.25) is 0 Å². The Morgan fingerprint density at radius 1 is 0.629 bits per heavy atom. The molecule has 0 aliphatic heterocycles. The first-order chi connectivity index (χ1) is 30.3. The zero-order valence-electron chi connectivity index (χ0n) is 37.2. The highest BCUT2D eigenvalue weighted by Gasteiger charge is 2.21. The summed E-state index contributed by atoms with van der Waals surface area (Å²) in [6.07, 6.45) is 15.4. The molecule has 0 amide bonds. The highest BCUT2D eigenvalue weighted by molar-refractivity contribution is 6.21. The fraction of sp³-hybridized carbons (Fsp3) is 0.183. The van der Waals surface area contributed by atoms with Gasteiger partial charge in [-0.05, 0) is 130 Å². The topological polar surface area (TPSA) is 17.8 Å². The van der Waals surface area contributed by atoms with E-state index in [0.717, 1.165) is 30.0 Å². The van der Waals surface area contributed by atoms with Crippen molar-refractivity contribution >= 4 is 38.3 Å². The number of aromatic nitrogens is 2. The van der Waals surface area contributed by atoms with Crippen molar-refractivity contribution in [1.29, 1.82) is 0 Å². The molecule has 2 aromatic heterocycles. The molecule has 1 unspecified atom stereocenters. The summed E-state index contributed by atoms with van der Waals surface area (Å²) in [4.78, 5) is 5.20. The molecule has 2 heteroatoms. The summed E-state index contributed by atoms with van der Waals surface area (Å²) in [5.74, 6) is 0.719. The minimum Gasteiger partial charge on any atom is -0.344 e. The van der Waals surface area contributed by atoms with E-state index in [4.69, 9.17) is 4.98 Å². The van der Waals surface area contributed by atoms with Gasteiger partial charge in [-0.2, -0.15) is 0 Å². The molecule has 0 N–H and O–H groups in total. The smallest absolute Gasteiger partial charge is 0.0495 e. The summed E-state index contributed by atoms with van der Waals surface area (Å²) in [6, 6.07) is 57.4. The van der Waals surface area contributed by atoms with E-state index in [-0.39, 0.29) is 0 Å². The highest BCUT2D eigenvalue weighted by atomic mass is 15.0. The maximum Gasteiger partial charge on any atom is 0.0495 e. The SMILES string of the molecule is CCC(C)CC/C=C(\Cc1ccc(-c2c3ccccc3c(-c3ccc(/C(C)=C(/C=C\C=C(C)C)c4ccccc4)n3C)c3ccc(-c4ccccc4)cc23)cn1)c1ccccc1. The second-order valence-corrected chi connectivity index (χ2v) is 17.0. The molecule has 0 saturated heterocycles. The number of fused-ring (bicyclic) bond motifs is 2. The van der Waals surface area contributed by atoms with E-state index in [0.29, 0.717) is 0 Å². The van der Waals surface area contributed by atoms with Crippen LogP contribution >= 0.6 is 0 Å². The highest BCUT2D eigenvalue weighted by Crippen LogP contribution is 2.45. The van der Waals surface area contributed by atoms with Crippen molar-refractivity contribution in [2.45, 2.75) is 60.3 Å². The number of hydrogen-bond acceptors (Lipinski definition) is 1. The van der Waals surface area contributed by atoms with E-state index < -0.39 is 0 Å². The van der Waals surface area contributed by atoms with Crippen LogP contribution in [0, 0.1) is 5.92 Å². The van der Waals surface area contributed by atoms with Crippen LogP contribution in [0.3, 0.4) is 0 Å². The van der Waals surface area contributed by atoms with Gasteiger partial charge < -0.3 is 4.57 Å². The normalized spacial score (nSPS) is 12.8. The Labute approximate surface area is 369 Å². The van der Waals surface area contributed by atoms with Crippen LogP contribution in [0.25, 0.3) is 71.8 Å². The molecular formula is C60H58N2. The Hall–Kier alpha value is -6.77. The van der Waals surface area contributed by atoms with E-state index in [1.54, 1.807) is 0 Å². The Morgan fingerprint density at radius 2 is 1.26 bits per heavy atom. The quantitative estimate of drug-likeness (QED) is 0.0790. The number of hydrogen-bond donors (Lipinski definition) is 0. The number of allylic oxidation sites excluding steroid dienone is 8. The van der Waals surface area contributed by atoms with Gasteiger partial charge in [0.05, 0.1) is 0 Å². The van der Waals surface area contributed by atoms with Gasteiger partial charge in [-0.1, -0.05) is 184 Å². The van der Waals surface area contributed by atoms with E-state index in [1.807, 2.05) is 0 Å². The maximum absolute atomic E-state index is 5.20. The van der Waals surface area contributed by atoms with Crippen LogP contribution in [0.2, 0.25) is 0 Å². The predicted molar refractivity (Wildman–Crippen MR) is 269 cm³/mol. The number of benzene rings is 6. The largest absolute Gasteiger partial charge is 0.344 e. The zero-order valence-corrected chi connectivity index (χ0v) is 37.2. The first-order valence-corrected chi connectivity index (χ1v) is 22.3. The minimum absolute atomic E-state index is 0.719. The van der Waals surface area contributed by atoms with Gasteiger partial charge in [0.25, 0.3) is 0 Å². The lowest BCUT2D eigenvalue weighted by Crippen LogP contribution is -2.00. The molecule has 1 atom stereocenters. The first kappa shape index (κ1) is 41.9. The Bertz CT molecular complexity index is 2920.